The van der Waals surface area contributed by atoms with Crippen molar-refractivity contribution < 1.29 is 4.74 Å². The summed E-state index contributed by atoms with van der Waals surface area (Å²) in [4.78, 5) is 0. The third kappa shape index (κ3) is 3.10. The molecule has 0 aliphatic carbocycles. The summed E-state index contributed by atoms with van der Waals surface area (Å²) >= 11 is 16.3. The Kier molecular flexibility index (Phi) is 4.58. The predicted octanol–water partition coefficient (Wildman–Crippen LogP) is 7.00. The standard InChI is InChI=1S/C22H15BrCl2N2O/c23-15-8-6-14(7-9-15)22-27-20(12-19(26-27)13-4-2-1-3-5-13)17-10-16(24)11-18(25)21(17)28-22/h1-11,20,22H,12H2/t20-,22-/m1/s1. The largest absolute Gasteiger partial charge is 0.463 e. The van der Waals surface area contributed by atoms with Crippen LogP contribution in [0.4, 0.5) is 0 Å². The molecule has 0 bridgehead atoms. The van der Waals surface area contributed by atoms with Crippen LogP contribution in [0, 0.1) is 0 Å². The van der Waals surface area contributed by atoms with Crippen molar-refractivity contribution in [3.8, 4) is 5.75 Å². The highest BCUT2D eigenvalue weighted by Crippen LogP contribution is 2.50. The molecule has 2 atom stereocenters. The molecule has 2 heterocycles. The van der Waals surface area contributed by atoms with Crippen molar-refractivity contribution in [2.24, 2.45) is 5.10 Å². The van der Waals surface area contributed by atoms with Gasteiger partial charge in [0.15, 0.2) is 0 Å². The molecule has 3 aromatic rings. The Morgan fingerprint density at radius 2 is 1.75 bits per heavy atom. The van der Waals surface area contributed by atoms with E-state index in [0.717, 1.165) is 33.3 Å². The topological polar surface area (TPSA) is 24.8 Å². The maximum absolute atomic E-state index is 6.50. The van der Waals surface area contributed by atoms with Crippen molar-refractivity contribution in [3.63, 3.8) is 0 Å². The second-order valence-corrected chi connectivity index (χ2v) is 8.60. The van der Waals surface area contributed by atoms with E-state index in [2.05, 4.69) is 28.1 Å². The third-order valence-electron chi connectivity index (χ3n) is 5.07. The van der Waals surface area contributed by atoms with E-state index in [4.69, 9.17) is 33.0 Å². The highest BCUT2D eigenvalue weighted by Gasteiger charge is 2.42. The summed E-state index contributed by atoms with van der Waals surface area (Å²) in [6.07, 6.45) is 0.412. The summed E-state index contributed by atoms with van der Waals surface area (Å²) in [6, 6.07) is 22.0. The van der Waals surface area contributed by atoms with Gasteiger partial charge in [-0.1, -0.05) is 81.6 Å². The Labute approximate surface area is 181 Å². The van der Waals surface area contributed by atoms with Gasteiger partial charge >= 0.3 is 0 Å². The lowest BCUT2D eigenvalue weighted by atomic mass is 9.96. The van der Waals surface area contributed by atoms with E-state index in [1.165, 1.54) is 0 Å². The van der Waals surface area contributed by atoms with Crippen LogP contribution >= 0.6 is 39.1 Å². The van der Waals surface area contributed by atoms with Gasteiger partial charge in [0.1, 0.15) is 5.75 Å². The lowest BCUT2D eigenvalue weighted by molar-refractivity contribution is -0.0189. The first-order valence-electron chi connectivity index (χ1n) is 8.92. The molecule has 2 aliphatic heterocycles. The Balaban J connectivity index is 1.63. The second kappa shape index (κ2) is 7.11. The van der Waals surface area contributed by atoms with E-state index in [1.807, 2.05) is 53.5 Å². The van der Waals surface area contributed by atoms with Crippen molar-refractivity contribution in [2.75, 3.05) is 0 Å². The summed E-state index contributed by atoms with van der Waals surface area (Å²) < 4.78 is 7.37. The Hall–Kier alpha value is -2.01. The first kappa shape index (κ1) is 18.0. The van der Waals surface area contributed by atoms with Crippen molar-refractivity contribution in [1.29, 1.82) is 0 Å². The fourth-order valence-corrected chi connectivity index (χ4v) is 4.59. The molecule has 0 saturated carbocycles. The molecular weight excluding hydrogens is 459 g/mol. The predicted molar refractivity (Wildman–Crippen MR) is 116 cm³/mol. The SMILES string of the molecule is Clc1cc(Cl)c2c(c1)[C@H]1CC(c3ccccc3)=NN1[C@@H](c1ccc(Br)cc1)O2. The molecule has 0 N–H and O–H groups in total. The molecule has 0 spiro atoms. The van der Waals surface area contributed by atoms with Crippen LogP contribution in [0.3, 0.4) is 0 Å². The van der Waals surface area contributed by atoms with E-state index in [-0.39, 0.29) is 12.3 Å². The van der Waals surface area contributed by atoms with Gasteiger partial charge in [0.2, 0.25) is 6.23 Å². The molecule has 3 nitrogen and oxygen atoms in total. The number of benzene rings is 3. The summed E-state index contributed by atoms with van der Waals surface area (Å²) in [5.41, 5.74) is 4.13. The van der Waals surface area contributed by atoms with E-state index in [1.54, 1.807) is 6.07 Å². The fourth-order valence-electron chi connectivity index (χ4n) is 3.77. The van der Waals surface area contributed by atoms with Crippen LogP contribution in [-0.2, 0) is 0 Å². The molecule has 140 valence electrons. The Bertz CT molecular complexity index is 1070. The number of fused-ring (bicyclic) bond motifs is 3. The Morgan fingerprint density at radius 1 is 1.00 bits per heavy atom. The van der Waals surface area contributed by atoms with Crippen molar-refractivity contribution >= 4 is 44.8 Å². The van der Waals surface area contributed by atoms with E-state index < -0.39 is 0 Å². The van der Waals surface area contributed by atoms with Crippen molar-refractivity contribution in [1.82, 2.24) is 5.01 Å². The van der Waals surface area contributed by atoms with Crippen LogP contribution in [0.5, 0.6) is 5.75 Å². The molecule has 0 fully saturated rings. The monoisotopic (exact) mass is 472 g/mol. The van der Waals surface area contributed by atoms with Crippen molar-refractivity contribution in [2.45, 2.75) is 18.7 Å². The lowest BCUT2D eigenvalue weighted by Gasteiger charge is -2.38. The molecule has 6 heteroatoms. The maximum atomic E-state index is 6.50. The lowest BCUT2D eigenvalue weighted by Crippen LogP contribution is -2.33. The van der Waals surface area contributed by atoms with Crippen LogP contribution in [0.15, 0.2) is 76.3 Å². The van der Waals surface area contributed by atoms with Gasteiger partial charge < -0.3 is 4.74 Å². The molecule has 5 rings (SSSR count). The van der Waals surface area contributed by atoms with Gasteiger partial charge in [0, 0.05) is 27.0 Å². The van der Waals surface area contributed by atoms with Crippen LogP contribution < -0.4 is 4.74 Å². The van der Waals surface area contributed by atoms with Gasteiger partial charge in [0.05, 0.1) is 16.8 Å². The summed E-state index contributed by atoms with van der Waals surface area (Å²) in [7, 11) is 0. The highest BCUT2D eigenvalue weighted by molar-refractivity contribution is 9.10. The molecule has 0 unspecified atom stereocenters. The molecule has 0 radical (unpaired) electrons. The number of ether oxygens (including phenoxy) is 1. The van der Waals surface area contributed by atoms with Gasteiger partial charge in [-0.15, -0.1) is 0 Å². The molecule has 28 heavy (non-hydrogen) atoms. The van der Waals surface area contributed by atoms with Crippen molar-refractivity contribution in [3.05, 3.63) is 97.9 Å². The van der Waals surface area contributed by atoms with Crippen LogP contribution in [-0.4, -0.2) is 10.7 Å². The number of rotatable bonds is 2. The minimum absolute atomic E-state index is 0.0174. The highest BCUT2D eigenvalue weighted by atomic mass is 79.9. The van der Waals surface area contributed by atoms with Gasteiger partial charge in [-0.25, -0.2) is 5.01 Å². The number of hydrazone groups is 1. The number of nitrogens with zero attached hydrogens (tertiary/aromatic N) is 2. The smallest absolute Gasteiger partial charge is 0.213 e. The minimum Gasteiger partial charge on any atom is -0.463 e. The molecular formula is C22H15BrCl2N2O. The zero-order valence-electron chi connectivity index (χ0n) is 14.6. The van der Waals surface area contributed by atoms with Gasteiger partial charge in [-0.05, 0) is 29.8 Å². The number of hydrogen-bond acceptors (Lipinski definition) is 3. The summed E-state index contributed by atoms with van der Waals surface area (Å²) in [6.45, 7) is 0. The second-order valence-electron chi connectivity index (χ2n) is 6.84. The Morgan fingerprint density at radius 3 is 2.50 bits per heavy atom. The van der Waals surface area contributed by atoms with Gasteiger partial charge in [0.25, 0.3) is 0 Å². The number of halogens is 3. The van der Waals surface area contributed by atoms with Gasteiger partial charge in [-0.2, -0.15) is 5.10 Å². The first-order chi connectivity index (χ1) is 13.6. The molecule has 0 amide bonds. The van der Waals surface area contributed by atoms with E-state index in [9.17, 15) is 0 Å². The van der Waals surface area contributed by atoms with E-state index in [0.29, 0.717) is 15.8 Å². The van der Waals surface area contributed by atoms with Crippen LogP contribution in [0.2, 0.25) is 10.0 Å². The number of hydrogen-bond donors (Lipinski definition) is 0. The zero-order valence-corrected chi connectivity index (χ0v) is 17.7. The normalized spacial score (nSPS) is 20.2. The average molecular weight is 474 g/mol. The van der Waals surface area contributed by atoms with E-state index >= 15 is 0 Å². The molecule has 0 aromatic heterocycles. The molecule has 0 saturated heterocycles. The summed E-state index contributed by atoms with van der Waals surface area (Å²) in [5, 5.41) is 8.10. The quantitative estimate of drug-likeness (QED) is 0.400. The first-order valence-corrected chi connectivity index (χ1v) is 10.5. The van der Waals surface area contributed by atoms with Crippen LogP contribution in [0.25, 0.3) is 0 Å². The fraction of sp³-hybridized carbons (Fsp3) is 0.136. The maximum Gasteiger partial charge on any atom is 0.213 e. The molecule has 3 aromatic carbocycles. The zero-order chi connectivity index (χ0) is 19.3. The minimum atomic E-state index is -0.356. The molecule has 2 aliphatic rings. The summed E-state index contributed by atoms with van der Waals surface area (Å²) in [5.74, 6) is 0.685. The van der Waals surface area contributed by atoms with Crippen LogP contribution in [0.1, 0.15) is 35.4 Å². The average Bonchev–Trinajstić information content (AvgIpc) is 3.15. The van der Waals surface area contributed by atoms with Gasteiger partial charge in [-0.3, -0.25) is 0 Å². The third-order valence-corrected chi connectivity index (χ3v) is 6.10.